The van der Waals surface area contributed by atoms with Crippen LogP contribution < -0.4 is 4.90 Å². The van der Waals surface area contributed by atoms with Crippen LogP contribution in [0.25, 0.3) is 0 Å². The molecule has 4 rings (SSSR count). The number of carbonyl (C=O) groups is 1. The molecule has 26 heavy (non-hydrogen) atoms. The van der Waals surface area contributed by atoms with Crippen molar-refractivity contribution in [3.05, 3.63) is 48.0 Å². The third kappa shape index (κ3) is 3.60. The third-order valence-corrected chi connectivity index (χ3v) is 5.32. The van der Waals surface area contributed by atoms with E-state index in [1.54, 1.807) is 12.5 Å². The fourth-order valence-corrected chi connectivity index (χ4v) is 3.60. The number of ether oxygens (including phenoxy) is 1. The van der Waals surface area contributed by atoms with Crippen LogP contribution >= 0.6 is 0 Å². The quantitative estimate of drug-likeness (QED) is 0.847. The van der Waals surface area contributed by atoms with Gasteiger partial charge in [0.15, 0.2) is 0 Å². The molecular weight excluding hydrogens is 330 g/mol. The first-order chi connectivity index (χ1) is 12.7. The van der Waals surface area contributed by atoms with E-state index in [-0.39, 0.29) is 12.0 Å². The van der Waals surface area contributed by atoms with Gasteiger partial charge in [-0.25, -0.2) is 4.98 Å². The Morgan fingerprint density at radius 3 is 2.73 bits per heavy atom. The van der Waals surface area contributed by atoms with Gasteiger partial charge in [-0.3, -0.25) is 4.79 Å². The lowest BCUT2D eigenvalue weighted by molar-refractivity contribution is 0.0255. The van der Waals surface area contributed by atoms with E-state index in [1.165, 1.54) is 0 Å². The van der Waals surface area contributed by atoms with E-state index in [2.05, 4.69) is 16.8 Å². The van der Waals surface area contributed by atoms with Crippen LogP contribution in [-0.2, 0) is 4.74 Å². The van der Waals surface area contributed by atoms with Crippen LogP contribution in [0.4, 0.5) is 5.82 Å². The first-order valence-corrected chi connectivity index (χ1v) is 9.36. The lowest BCUT2D eigenvalue weighted by Crippen LogP contribution is -2.39. The molecule has 0 radical (unpaired) electrons. The number of aromatic nitrogens is 1. The van der Waals surface area contributed by atoms with Gasteiger partial charge in [-0.2, -0.15) is 0 Å². The first kappa shape index (κ1) is 17.1. The summed E-state index contributed by atoms with van der Waals surface area (Å²) >= 11 is 0. The number of anilines is 1. The second-order valence-electron chi connectivity index (χ2n) is 7.20. The molecule has 138 valence electrons. The summed E-state index contributed by atoms with van der Waals surface area (Å²) in [7, 11) is 0. The Morgan fingerprint density at radius 2 is 2.04 bits per heavy atom. The Morgan fingerprint density at radius 1 is 1.19 bits per heavy atom. The fourth-order valence-electron chi connectivity index (χ4n) is 3.60. The largest absolute Gasteiger partial charge is 0.467 e. The fraction of sp³-hybridized carbons (Fsp3) is 0.500. The lowest BCUT2D eigenvalue weighted by Gasteiger charge is -2.33. The molecule has 0 N–H and O–H groups in total. The Hall–Kier alpha value is -2.34. The summed E-state index contributed by atoms with van der Waals surface area (Å²) in [6.07, 6.45) is 5.44. The molecular formula is C20H25N3O3. The summed E-state index contributed by atoms with van der Waals surface area (Å²) in [6.45, 7) is 6.03. The van der Waals surface area contributed by atoms with E-state index in [1.807, 2.05) is 29.2 Å². The van der Waals surface area contributed by atoms with Gasteiger partial charge in [0.25, 0.3) is 5.91 Å². The molecule has 1 amide bonds. The maximum absolute atomic E-state index is 12.6. The zero-order valence-corrected chi connectivity index (χ0v) is 15.1. The van der Waals surface area contributed by atoms with Crippen molar-refractivity contribution < 1.29 is 13.9 Å². The Kier molecular flexibility index (Phi) is 4.93. The van der Waals surface area contributed by atoms with E-state index in [0.29, 0.717) is 24.6 Å². The molecule has 2 aromatic rings. The number of piperidine rings is 1. The first-order valence-electron chi connectivity index (χ1n) is 9.36. The molecule has 0 spiro atoms. The van der Waals surface area contributed by atoms with E-state index >= 15 is 0 Å². The lowest BCUT2D eigenvalue weighted by atomic mass is 9.99. The highest BCUT2D eigenvalue weighted by Crippen LogP contribution is 2.26. The summed E-state index contributed by atoms with van der Waals surface area (Å²) in [5.74, 6) is 2.50. The number of rotatable bonds is 3. The topological polar surface area (TPSA) is 58.8 Å². The van der Waals surface area contributed by atoms with Crippen LogP contribution in [-0.4, -0.2) is 48.6 Å². The van der Waals surface area contributed by atoms with Crippen molar-refractivity contribution in [1.29, 1.82) is 0 Å². The molecule has 0 bridgehead atoms. The summed E-state index contributed by atoms with van der Waals surface area (Å²) in [5, 5.41) is 0. The molecule has 6 heteroatoms. The molecule has 0 saturated carbocycles. The predicted octanol–water partition coefficient (Wildman–Crippen LogP) is 3.12. The van der Waals surface area contributed by atoms with Gasteiger partial charge in [-0.15, -0.1) is 0 Å². The number of likely N-dealkylation sites (tertiary alicyclic amines) is 1. The predicted molar refractivity (Wildman–Crippen MR) is 98.2 cm³/mol. The number of morpholine rings is 1. The van der Waals surface area contributed by atoms with Crippen molar-refractivity contribution in [3.63, 3.8) is 0 Å². The third-order valence-electron chi connectivity index (χ3n) is 5.32. The number of nitrogens with zero attached hydrogens (tertiary/aromatic N) is 3. The number of furan rings is 1. The summed E-state index contributed by atoms with van der Waals surface area (Å²) in [6, 6.07) is 7.63. The molecule has 0 aliphatic carbocycles. The van der Waals surface area contributed by atoms with Gasteiger partial charge in [0, 0.05) is 25.8 Å². The van der Waals surface area contributed by atoms with Gasteiger partial charge in [-0.05, 0) is 43.0 Å². The minimum Gasteiger partial charge on any atom is -0.467 e. The summed E-state index contributed by atoms with van der Waals surface area (Å²) < 4.78 is 11.3. The van der Waals surface area contributed by atoms with Crippen molar-refractivity contribution in [2.45, 2.75) is 25.9 Å². The summed E-state index contributed by atoms with van der Waals surface area (Å²) in [5.41, 5.74) is 0.666. The standard InChI is InChI=1S/C20H25N3O3/c1-15-6-8-22(9-7-15)20(24)16-4-5-19(21-13-16)23-10-12-26-18(14-23)17-3-2-11-25-17/h2-5,11,13,15,18H,6-10,12,14H2,1H3. The second kappa shape index (κ2) is 7.50. The highest BCUT2D eigenvalue weighted by molar-refractivity contribution is 5.94. The SMILES string of the molecule is CC1CCN(C(=O)c2ccc(N3CCOC(c4ccco4)C3)nc2)CC1. The molecule has 0 aromatic carbocycles. The maximum atomic E-state index is 12.6. The average Bonchev–Trinajstić information content (AvgIpc) is 3.23. The molecule has 2 aromatic heterocycles. The van der Waals surface area contributed by atoms with Crippen molar-refractivity contribution in [3.8, 4) is 0 Å². The van der Waals surface area contributed by atoms with Crippen LogP contribution in [0.15, 0.2) is 41.1 Å². The number of carbonyl (C=O) groups excluding carboxylic acids is 1. The number of pyridine rings is 1. The molecule has 4 heterocycles. The molecule has 2 aliphatic rings. The van der Waals surface area contributed by atoms with Gasteiger partial charge in [0.1, 0.15) is 17.7 Å². The van der Waals surface area contributed by atoms with E-state index in [9.17, 15) is 4.79 Å². The highest BCUT2D eigenvalue weighted by Gasteiger charge is 2.26. The molecule has 6 nitrogen and oxygen atoms in total. The van der Waals surface area contributed by atoms with Crippen LogP contribution in [0.2, 0.25) is 0 Å². The second-order valence-corrected chi connectivity index (χ2v) is 7.20. The van der Waals surface area contributed by atoms with E-state index < -0.39 is 0 Å². The zero-order valence-electron chi connectivity index (χ0n) is 15.1. The normalized spacial score (nSPS) is 21.8. The average molecular weight is 355 g/mol. The van der Waals surface area contributed by atoms with Gasteiger partial charge < -0.3 is 19.0 Å². The van der Waals surface area contributed by atoms with Crippen molar-refractivity contribution in [1.82, 2.24) is 9.88 Å². The van der Waals surface area contributed by atoms with Gasteiger partial charge in [0.05, 0.1) is 25.0 Å². The van der Waals surface area contributed by atoms with Crippen LogP contribution in [0.1, 0.15) is 42.0 Å². The number of hydrogen-bond donors (Lipinski definition) is 0. The molecule has 1 atom stereocenters. The number of hydrogen-bond acceptors (Lipinski definition) is 5. The smallest absolute Gasteiger partial charge is 0.255 e. The van der Waals surface area contributed by atoms with Crippen LogP contribution in [0.5, 0.6) is 0 Å². The molecule has 1 unspecified atom stereocenters. The molecule has 2 aliphatic heterocycles. The van der Waals surface area contributed by atoms with Crippen LogP contribution in [0, 0.1) is 5.92 Å². The van der Waals surface area contributed by atoms with Crippen molar-refractivity contribution >= 4 is 11.7 Å². The number of amides is 1. The summed E-state index contributed by atoms with van der Waals surface area (Å²) in [4.78, 5) is 21.3. The van der Waals surface area contributed by atoms with Gasteiger partial charge >= 0.3 is 0 Å². The minimum absolute atomic E-state index is 0.0859. The molecule has 2 saturated heterocycles. The van der Waals surface area contributed by atoms with E-state index in [0.717, 1.165) is 44.1 Å². The minimum atomic E-state index is -0.0859. The highest BCUT2D eigenvalue weighted by atomic mass is 16.5. The maximum Gasteiger partial charge on any atom is 0.255 e. The van der Waals surface area contributed by atoms with Crippen LogP contribution in [0.3, 0.4) is 0 Å². The zero-order chi connectivity index (χ0) is 17.9. The van der Waals surface area contributed by atoms with Crippen molar-refractivity contribution in [2.75, 3.05) is 37.7 Å². The van der Waals surface area contributed by atoms with E-state index in [4.69, 9.17) is 9.15 Å². The van der Waals surface area contributed by atoms with Gasteiger partial charge in [0.2, 0.25) is 0 Å². The van der Waals surface area contributed by atoms with Gasteiger partial charge in [-0.1, -0.05) is 6.92 Å². The monoisotopic (exact) mass is 355 g/mol. The Bertz CT molecular complexity index is 721. The molecule has 2 fully saturated rings. The van der Waals surface area contributed by atoms with Crippen molar-refractivity contribution in [2.24, 2.45) is 5.92 Å². The Labute approximate surface area is 153 Å². The Balaban J connectivity index is 1.41.